The molecule has 0 aromatic heterocycles. The van der Waals surface area contributed by atoms with E-state index in [1.807, 2.05) is 22.8 Å². The number of carbonyl (C=O) groups excluding carboxylic acids is 2. The van der Waals surface area contributed by atoms with Crippen molar-refractivity contribution in [3.63, 3.8) is 0 Å². The van der Waals surface area contributed by atoms with Crippen molar-refractivity contribution >= 4 is 46.0 Å². The lowest BCUT2D eigenvalue weighted by Crippen LogP contribution is -2.53. The molecule has 0 bridgehead atoms. The van der Waals surface area contributed by atoms with E-state index in [4.69, 9.17) is 11.6 Å². The van der Waals surface area contributed by atoms with Crippen LogP contribution in [0, 0.1) is 12.8 Å². The van der Waals surface area contributed by atoms with Gasteiger partial charge in [0.05, 0.1) is 0 Å². The number of rotatable bonds is 3. The lowest BCUT2D eigenvalue weighted by molar-refractivity contribution is -0.443. The fourth-order valence-electron chi connectivity index (χ4n) is 4.49. The highest BCUT2D eigenvalue weighted by Crippen LogP contribution is 2.48. The number of halogens is 1. The molecule has 2 aliphatic heterocycles. The van der Waals surface area contributed by atoms with Gasteiger partial charge in [-0.25, -0.2) is 4.79 Å². The smallest absolute Gasteiger partial charge is 0.245 e. The first-order valence-electron chi connectivity index (χ1n) is 10.3. The molecule has 4 nitrogen and oxygen atoms in total. The first-order chi connectivity index (χ1) is 14.5. The number of hydrogen-bond acceptors (Lipinski definition) is 3. The van der Waals surface area contributed by atoms with Gasteiger partial charge < -0.3 is 0 Å². The zero-order valence-corrected chi connectivity index (χ0v) is 18.3. The van der Waals surface area contributed by atoms with Crippen molar-refractivity contribution in [3.8, 4) is 0 Å². The second kappa shape index (κ2) is 7.71. The quantitative estimate of drug-likeness (QED) is 0.560. The molecule has 5 rings (SSSR count). The molecule has 1 aliphatic carbocycles. The normalized spacial score (nSPS) is 21.3. The van der Waals surface area contributed by atoms with E-state index < -0.39 is 0 Å². The molecule has 0 saturated heterocycles. The number of aryl methyl sites for hydroxylation is 1. The molecule has 152 valence electrons. The Labute approximate surface area is 185 Å². The summed E-state index contributed by atoms with van der Waals surface area (Å²) in [4.78, 5) is 29.9. The Hall–Kier alpha value is -2.37. The van der Waals surface area contributed by atoms with Crippen molar-refractivity contribution in [1.82, 2.24) is 0 Å². The van der Waals surface area contributed by atoms with Crippen LogP contribution in [0.5, 0.6) is 0 Å². The molecule has 0 saturated carbocycles. The number of nitrogens with zero attached hydrogens (tertiary/aromatic N) is 2. The van der Waals surface area contributed by atoms with Gasteiger partial charge in [0.2, 0.25) is 0 Å². The van der Waals surface area contributed by atoms with Crippen molar-refractivity contribution in [2.45, 2.75) is 39.2 Å². The Morgan fingerprint density at radius 1 is 1.07 bits per heavy atom. The Balaban J connectivity index is 1.64. The molecule has 1 unspecified atom stereocenters. The van der Waals surface area contributed by atoms with Crippen LogP contribution in [0.15, 0.2) is 59.0 Å². The van der Waals surface area contributed by atoms with Crippen molar-refractivity contribution in [2.24, 2.45) is 5.92 Å². The Kier molecular flexibility index (Phi) is 5.03. The van der Waals surface area contributed by atoms with Gasteiger partial charge in [0.25, 0.3) is 0 Å². The number of fused-ring (bicyclic) bond motifs is 2. The minimum absolute atomic E-state index is 0.141. The van der Waals surface area contributed by atoms with Gasteiger partial charge in [-0.1, -0.05) is 47.6 Å². The fourth-order valence-corrected chi connectivity index (χ4v) is 6.08. The van der Waals surface area contributed by atoms with Gasteiger partial charge in [-0.2, -0.15) is 9.37 Å². The molecule has 3 amide bonds. The van der Waals surface area contributed by atoms with Crippen molar-refractivity contribution in [2.75, 3.05) is 4.90 Å². The van der Waals surface area contributed by atoms with Crippen LogP contribution in [0.25, 0.3) is 0 Å². The summed E-state index contributed by atoms with van der Waals surface area (Å²) in [6.07, 6.45) is 4.18. The third-order valence-electron chi connectivity index (χ3n) is 6.11. The number of benzene rings is 2. The summed E-state index contributed by atoms with van der Waals surface area (Å²) in [6.45, 7) is 2.52. The lowest BCUT2D eigenvalue weighted by Gasteiger charge is -2.26. The zero-order chi connectivity index (χ0) is 20.8. The van der Waals surface area contributed by atoms with Gasteiger partial charge in [0.15, 0.2) is 11.0 Å². The van der Waals surface area contributed by atoms with Crippen LogP contribution in [0.2, 0.25) is 5.02 Å². The summed E-state index contributed by atoms with van der Waals surface area (Å²) in [6, 6.07) is 14.7. The minimum atomic E-state index is -0.345. The summed E-state index contributed by atoms with van der Waals surface area (Å²) >= 11 is 7.70. The highest BCUT2D eigenvalue weighted by Gasteiger charge is 2.54. The van der Waals surface area contributed by atoms with Crippen molar-refractivity contribution in [3.05, 3.63) is 75.2 Å². The minimum Gasteiger partial charge on any atom is -0.245 e. The summed E-state index contributed by atoms with van der Waals surface area (Å²) in [7, 11) is 0. The maximum absolute atomic E-state index is 13.6. The summed E-state index contributed by atoms with van der Waals surface area (Å²) in [5.74, 6) is -0.486. The van der Waals surface area contributed by atoms with E-state index >= 15 is 0 Å². The molecule has 2 aromatic carbocycles. The van der Waals surface area contributed by atoms with Crippen LogP contribution >= 0.6 is 23.4 Å². The fraction of sp³-hybridized carbons (Fsp3) is 0.292. The molecule has 0 N–H and O–H groups in total. The van der Waals surface area contributed by atoms with Crippen molar-refractivity contribution in [1.29, 1.82) is 0 Å². The molecule has 0 radical (unpaired) electrons. The molecule has 30 heavy (non-hydrogen) atoms. The van der Waals surface area contributed by atoms with Gasteiger partial charge >= 0.3 is 11.9 Å². The van der Waals surface area contributed by atoms with Crippen LogP contribution in [0.3, 0.4) is 0 Å². The number of amides is 3. The molecular weight excluding hydrogens is 416 g/mol. The van der Waals surface area contributed by atoms with E-state index in [9.17, 15) is 9.59 Å². The Morgan fingerprint density at radius 2 is 1.80 bits per heavy atom. The van der Waals surface area contributed by atoms with E-state index in [-0.39, 0.29) is 17.9 Å². The molecule has 1 atom stereocenters. The van der Waals surface area contributed by atoms with Gasteiger partial charge in [-0.3, -0.25) is 0 Å². The lowest BCUT2D eigenvalue weighted by atomic mass is 9.88. The van der Waals surface area contributed by atoms with Gasteiger partial charge in [0, 0.05) is 5.02 Å². The molecule has 2 heterocycles. The largest absolute Gasteiger partial charge is 0.506 e. The summed E-state index contributed by atoms with van der Waals surface area (Å²) in [5.41, 5.74) is 4.01. The van der Waals surface area contributed by atoms with Crippen LogP contribution in [-0.2, 0) is 11.3 Å². The SMILES string of the molecule is Cc1ccccc1C[N+]1=C2SC3=C(CCCC3)C2C(=O)N(c2ccc(Cl)cc2)C1=O. The summed E-state index contributed by atoms with van der Waals surface area (Å²) in [5, 5.41) is 1.46. The standard InChI is InChI=1S/C24H22ClN2O2S/c1-15-6-2-3-7-16(15)14-26-23-21(19-8-4-5-9-20(19)30-23)22(28)27(24(26)29)18-12-10-17(25)11-13-18/h2-3,6-7,10-13,21H,4-5,8-9,14H2,1H3/q+1. The number of allylic oxidation sites excluding steroid dienone is 1. The first-order valence-corrected chi connectivity index (χ1v) is 11.5. The molecule has 0 spiro atoms. The van der Waals surface area contributed by atoms with Gasteiger partial charge in [-0.15, -0.1) is 4.90 Å². The maximum Gasteiger partial charge on any atom is 0.506 e. The average molecular weight is 438 g/mol. The van der Waals surface area contributed by atoms with Gasteiger partial charge in [-0.05, 0) is 78.5 Å². The van der Waals surface area contributed by atoms with Crippen LogP contribution in [-0.4, -0.2) is 21.6 Å². The Morgan fingerprint density at radius 3 is 2.57 bits per heavy atom. The van der Waals surface area contributed by atoms with E-state index in [0.29, 0.717) is 17.3 Å². The summed E-state index contributed by atoms with van der Waals surface area (Å²) < 4.78 is 1.81. The highest BCUT2D eigenvalue weighted by atomic mass is 35.5. The average Bonchev–Trinajstić information content (AvgIpc) is 3.13. The number of carbonyl (C=O) groups is 2. The van der Waals surface area contributed by atoms with E-state index in [1.165, 1.54) is 15.4 Å². The van der Waals surface area contributed by atoms with E-state index in [1.54, 1.807) is 36.0 Å². The van der Waals surface area contributed by atoms with Crippen LogP contribution < -0.4 is 4.90 Å². The van der Waals surface area contributed by atoms with Gasteiger partial charge in [0.1, 0.15) is 12.2 Å². The highest BCUT2D eigenvalue weighted by molar-refractivity contribution is 8.17. The predicted octanol–water partition coefficient (Wildman–Crippen LogP) is 5.92. The van der Waals surface area contributed by atoms with Crippen LogP contribution in [0.1, 0.15) is 36.8 Å². The van der Waals surface area contributed by atoms with Crippen LogP contribution in [0.4, 0.5) is 10.5 Å². The van der Waals surface area contributed by atoms with Crippen molar-refractivity contribution < 1.29 is 14.2 Å². The van der Waals surface area contributed by atoms with E-state index in [2.05, 4.69) is 13.0 Å². The number of hydrogen-bond donors (Lipinski definition) is 0. The number of urea groups is 1. The molecule has 6 heteroatoms. The predicted molar refractivity (Wildman–Crippen MR) is 121 cm³/mol. The molecule has 2 aromatic rings. The second-order valence-electron chi connectivity index (χ2n) is 7.97. The number of imide groups is 1. The number of thioether (sulfide) groups is 1. The Bertz CT molecular complexity index is 1120. The third kappa shape index (κ3) is 3.21. The maximum atomic E-state index is 13.6. The second-order valence-corrected chi connectivity index (χ2v) is 9.53. The zero-order valence-electron chi connectivity index (χ0n) is 16.7. The third-order valence-corrected chi connectivity index (χ3v) is 7.74. The number of anilines is 1. The molecule has 3 aliphatic rings. The molecule has 0 fully saturated rings. The van der Waals surface area contributed by atoms with E-state index in [0.717, 1.165) is 41.9 Å². The molecular formula is C24H22ClN2O2S+. The monoisotopic (exact) mass is 437 g/mol. The topological polar surface area (TPSA) is 40.4 Å². The first kappa shape index (κ1) is 19.6.